The molecule has 0 saturated heterocycles. The van der Waals surface area contributed by atoms with E-state index in [0.29, 0.717) is 17.8 Å². The number of ether oxygens (including phenoxy) is 1. The van der Waals surface area contributed by atoms with Gasteiger partial charge in [-0.2, -0.15) is 5.26 Å². The Balaban J connectivity index is 2.94. The zero-order valence-electron chi connectivity index (χ0n) is 12.3. The second kappa shape index (κ2) is 8.97. The zero-order chi connectivity index (χ0) is 16.4. The van der Waals surface area contributed by atoms with E-state index in [1.54, 1.807) is 43.3 Å². The van der Waals surface area contributed by atoms with Crippen LogP contribution < -0.4 is 10.6 Å². The van der Waals surface area contributed by atoms with Crippen LogP contribution in [0.5, 0.6) is 0 Å². The lowest BCUT2D eigenvalue weighted by Gasteiger charge is -2.09. The van der Waals surface area contributed by atoms with Crippen LogP contribution in [0.15, 0.2) is 48.7 Å². The summed E-state index contributed by atoms with van der Waals surface area (Å²) in [6.07, 6.45) is 2.79. The van der Waals surface area contributed by atoms with Gasteiger partial charge in [0.15, 0.2) is 5.57 Å². The molecule has 0 fully saturated rings. The van der Waals surface area contributed by atoms with Gasteiger partial charge in [-0.05, 0) is 19.1 Å². The highest BCUT2D eigenvalue weighted by molar-refractivity contribution is 6.00. The summed E-state index contributed by atoms with van der Waals surface area (Å²) in [6.45, 7) is 5.70. The molecule has 0 aliphatic rings. The van der Waals surface area contributed by atoms with Gasteiger partial charge in [-0.15, -0.1) is 6.58 Å². The number of rotatable bonds is 7. The summed E-state index contributed by atoms with van der Waals surface area (Å²) in [5.74, 6) is -1.00. The summed E-state index contributed by atoms with van der Waals surface area (Å²) in [5, 5.41) is 14.4. The Morgan fingerprint density at radius 2 is 2.14 bits per heavy atom. The number of hydrogen-bond donors (Lipinski definition) is 2. The first-order valence-electron chi connectivity index (χ1n) is 6.66. The Kier molecular flexibility index (Phi) is 6.93. The number of nitriles is 1. The maximum absolute atomic E-state index is 12.0. The Bertz CT molecular complexity index is 630. The highest BCUT2D eigenvalue weighted by Gasteiger charge is 2.12. The molecule has 1 aromatic rings. The average Bonchev–Trinajstić information content (AvgIpc) is 2.53. The van der Waals surface area contributed by atoms with Crippen LogP contribution >= 0.6 is 0 Å². The van der Waals surface area contributed by atoms with E-state index in [-0.39, 0.29) is 18.1 Å². The third kappa shape index (κ3) is 4.80. The summed E-state index contributed by atoms with van der Waals surface area (Å²) in [5.41, 5.74) is 0.686. The van der Waals surface area contributed by atoms with E-state index in [9.17, 15) is 9.59 Å². The Labute approximate surface area is 129 Å². The number of esters is 1. The molecule has 22 heavy (non-hydrogen) atoms. The van der Waals surface area contributed by atoms with Crippen molar-refractivity contribution in [3.05, 3.63) is 54.3 Å². The zero-order valence-corrected chi connectivity index (χ0v) is 12.3. The number of amides is 1. The summed E-state index contributed by atoms with van der Waals surface area (Å²) >= 11 is 0. The molecular formula is C16H17N3O3. The predicted molar refractivity (Wildman–Crippen MR) is 82.9 cm³/mol. The minimum Gasteiger partial charge on any atom is -0.462 e. The molecule has 0 heterocycles. The molecule has 0 aliphatic heterocycles. The monoisotopic (exact) mass is 299 g/mol. The van der Waals surface area contributed by atoms with Gasteiger partial charge in [-0.3, -0.25) is 4.79 Å². The Hall–Kier alpha value is -3.07. The summed E-state index contributed by atoms with van der Waals surface area (Å²) < 4.78 is 4.75. The quantitative estimate of drug-likeness (QED) is 0.348. The minimum atomic E-state index is -0.717. The normalized spacial score (nSPS) is 10.3. The molecule has 0 atom stereocenters. The first-order chi connectivity index (χ1) is 10.6. The van der Waals surface area contributed by atoms with E-state index < -0.39 is 5.97 Å². The van der Waals surface area contributed by atoms with Crippen molar-refractivity contribution in [3.8, 4) is 6.07 Å². The van der Waals surface area contributed by atoms with Crippen molar-refractivity contribution >= 4 is 17.6 Å². The molecule has 0 unspecified atom stereocenters. The second-order valence-electron chi connectivity index (χ2n) is 4.08. The van der Waals surface area contributed by atoms with E-state index in [1.165, 1.54) is 6.20 Å². The third-order valence-electron chi connectivity index (χ3n) is 2.57. The van der Waals surface area contributed by atoms with Crippen molar-refractivity contribution in [2.24, 2.45) is 0 Å². The molecule has 6 nitrogen and oxygen atoms in total. The number of carbonyl (C=O) groups excluding carboxylic acids is 2. The maximum atomic E-state index is 12.0. The minimum absolute atomic E-state index is 0.178. The van der Waals surface area contributed by atoms with Gasteiger partial charge in [0, 0.05) is 12.7 Å². The lowest BCUT2D eigenvalue weighted by molar-refractivity contribution is -0.138. The van der Waals surface area contributed by atoms with Gasteiger partial charge < -0.3 is 15.4 Å². The molecule has 0 bridgehead atoms. The first kappa shape index (κ1) is 17.0. The molecule has 0 radical (unpaired) electrons. The molecule has 0 spiro atoms. The molecular weight excluding hydrogens is 282 g/mol. The third-order valence-corrected chi connectivity index (χ3v) is 2.57. The van der Waals surface area contributed by atoms with Crippen LogP contribution in [0.4, 0.5) is 5.69 Å². The summed E-state index contributed by atoms with van der Waals surface area (Å²) in [7, 11) is 0. The van der Waals surface area contributed by atoms with Crippen LogP contribution in [0.1, 0.15) is 17.3 Å². The largest absolute Gasteiger partial charge is 0.462 e. The smallest absolute Gasteiger partial charge is 0.350 e. The van der Waals surface area contributed by atoms with Gasteiger partial charge in [-0.1, -0.05) is 18.2 Å². The van der Waals surface area contributed by atoms with Crippen LogP contribution in [0.25, 0.3) is 0 Å². The van der Waals surface area contributed by atoms with Gasteiger partial charge in [-0.25, -0.2) is 4.79 Å². The van der Waals surface area contributed by atoms with Gasteiger partial charge in [0.1, 0.15) is 6.07 Å². The molecule has 0 aromatic heterocycles. The van der Waals surface area contributed by atoms with Crippen molar-refractivity contribution in [1.29, 1.82) is 5.26 Å². The lowest BCUT2D eigenvalue weighted by atomic mass is 10.1. The van der Waals surface area contributed by atoms with Crippen molar-refractivity contribution < 1.29 is 14.3 Å². The fraction of sp³-hybridized carbons (Fsp3) is 0.188. The summed E-state index contributed by atoms with van der Waals surface area (Å²) in [6, 6.07) is 8.50. The fourth-order valence-corrected chi connectivity index (χ4v) is 1.56. The maximum Gasteiger partial charge on any atom is 0.350 e. The molecule has 1 amide bonds. The Morgan fingerprint density at radius 1 is 1.41 bits per heavy atom. The predicted octanol–water partition coefficient (Wildman–Crippen LogP) is 1.98. The lowest BCUT2D eigenvalue weighted by Crippen LogP contribution is -2.24. The van der Waals surface area contributed by atoms with Crippen molar-refractivity contribution in [1.82, 2.24) is 5.32 Å². The first-order valence-corrected chi connectivity index (χ1v) is 6.66. The van der Waals surface area contributed by atoms with Crippen molar-refractivity contribution in [3.63, 3.8) is 0 Å². The van der Waals surface area contributed by atoms with Crippen LogP contribution in [0, 0.1) is 11.3 Å². The standard InChI is InChI=1S/C16H17N3O3/c1-3-9-18-15(20)13-7-5-6-8-14(13)19-11-12(10-17)16(21)22-4-2/h3,5-8,11,19H,1,4,9H2,2H3,(H,18,20)/b12-11+. The molecule has 114 valence electrons. The number of nitrogens with one attached hydrogen (secondary N) is 2. The molecule has 0 aliphatic carbocycles. The average molecular weight is 299 g/mol. The van der Waals surface area contributed by atoms with E-state index in [0.717, 1.165) is 0 Å². The van der Waals surface area contributed by atoms with Crippen LogP contribution in [-0.4, -0.2) is 25.0 Å². The Morgan fingerprint density at radius 3 is 2.77 bits per heavy atom. The highest BCUT2D eigenvalue weighted by atomic mass is 16.5. The number of nitrogens with zero attached hydrogens (tertiary/aromatic N) is 1. The van der Waals surface area contributed by atoms with E-state index >= 15 is 0 Å². The molecule has 2 N–H and O–H groups in total. The summed E-state index contributed by atoms with van der Waals surface area (Å²) in [4.78, 5) is 23.5. The number of benzene rings is 1. The number of para-hydroxylation sites is 1. The molecule has 1 rings (SSSR count). The van der Waals surface area contributed by atoms with Gasteiger partial charge in [0.25, 0.3) is 5.91 Å². The molecule has 1 aromatic carbocycles. The van der Waals surface area contributed by atoms with Crippen molar-refractivity contribution in [2.75, 3.05) is 18.5 Å². The van der Waals surface area contributed by atoms with E-state index in [2.05, 4.69) is 17.2 Å². The van der Waals surface area contributed by atoms with Crippen molar-refractivity contribution in [2.45, 2.75) is 6.92 Å². The highest BCUT2D eigenvalue weighted by Crippen LogP contribution is 2.15. The van der Waals surface area contributed by atoms with Crippen LogP contribution in [-0.2, 0) is 9.53 Å². The number of hydrogen-bond acceptors (Lipinski definition) is 5. The second-order valence-corrected chi connectivity index (χ2v) is 4.08. The van der Waals surface area contributed by atoms with Crippen LogP contribution in [0.3, 0.4) is 0 Å². The SMILES string of the molecule is C=CCNC(=O)c1ccccc1N/C=C(\C#N)C(=O)OCC. The fourth-order valence-electron chi connectivity index (χ4n) is 1.56. The molecule has 0 saturated carbocycles. The molecule has 6 heteroatoms. The van der Waals surface area contributed by atoms with Gasteiger partial charge in [0.05, 0.1) is 17.9 Å². The van der Waals surface area contributed by atoms with E-state index in [1.807, 2.05) is 0 Å². The van der Waals surface area contributed by atoms with Gasteiger partial charge in [0.2, 0.25) is 0 Å². The topological polar surface area (TPSA) is 91.2 Å². The van der Waals surface area contributed by atoms with E-state index in [4.69, 9.17) is 10.00 Å². The van der Waals surface area contributed by atoms with Crippen LogP contribution in [0.2, 0.25) is 0 Å². The number of carbonyl (C=O) groups is 2. The number of anilines is 1. The van der Waals surface area contributed by atoms with Gasteiger partial charge >= 0.3 is 5.97 Å².